The van der Waals surface area contributed by atoms with Gasteiger partial charge in [-0.05, 0) is 39.2 Å². The summed E-state index contributed by atoms with van der Waals surface area (Å²) in [5, 5.41) is 3.35. The lowest BCUT2D eigenvalue weighted by Gasteiger charge is -2.36. The van der Waals surface area contributed by atoms with E-state index in [-0.39, 0.29) is 18.3 Å². The highest BCUT2D eigenvalue weighted by atomic mass is 35.5. The van der Waals surface area contributed by atoms with Crippen LogP contribution in [0.2, 0.25) is 0 Å². The van der Waals surface area contributed by atoms with Gasteiger partial charge in [-0.2, -0.15) is 0 Å². The first-order valence-electron chi connectivity index (χ1n) is 7.34. The van der Waals surface area contributed by atoms with Crippen LogP contribution >= 0.6 is 12.4 Å². The molecule has 1 atom stereocenters. The van der Waals surface area contributed by atoms with E-state index in [1.54, 1.807) is 0 Å². The zero-order chi connectivity index (χ0) is 12.1. The van der Waals surface area contributed by atoms with E-state index in [4.69, 9.17) is 0 Å². The maximum Gasteiger partial charge on any atom is 0.227 e. The minimum Gasteiger partial charge on any atom is -0.340 e. The Balaban J connectivity index is 0.00000162. The van der Waals surface area contributed by atoms with Gasteiger partial charge in [0.05, 0.1) is 5.92 Å². The highest BCUT2D eigenvalue weighted by molar-refractivity contribution is 5.85. The predicted octanol–water partition coefficient (Wildman–Crippen LogP) is 2.59. The largest absolute Gasteiger partial charge is 0.340 e. The normalized spacial score (nSPS) is 25.3. The van der Waals surface area contributed by atoms with Crippen molar-refractivity contribution < 1.29 is 4.79 Å². The fourth-order valence-electron chi connectivity index (χ4n) is 3.28. The van der Waals surface area contributed by atoms with Crippen molar-refractivity contribution in [2.75, 3.05) is 19.6 Å². The van der Waals surface area contributed by atoms with Crippen LogP contribution in [0.4, 0.5) is 0 Å². The molecule has 0 aromatic heterocycles. The Labute approximate surface area is 117 Å². The Morgan fingerprint density at radius 1 is 1.17 bits per heavy atom. The number of carbonyl (C=O) groups is 1. The Hall–Kier alpha value is -0.280. The van der Waals surface area contributed by atoms with Crippen molar-refractivity contribution in [2.45, 2.75) is 57.9 Å². The number of halogens is 1. The van der Waals surface area contributed by atoms with Crippen LogP contribution in [0.3, 0.4) is 0 Å². The van der Waals surface area contributed by atoms with Gasteiger partial charge in [0.1, 0.15) is 0 Å². The molecule has 1 saturated carbocycles. The van der Waals surface area contributed by atoms with Crippen molar-refractivity contribution in [3.63, 3.8) is 0 Å². The van der Waals surface area contributed by atoms with Crippen LogP contribution in [0.1, 0.15) is 51.9 Å². The molecule has 2 fully saturated rings. The molecule has 0 radical (unpaired) electrons. The quantitative estimate of drug-likeness (QED) is 0.858. The van der Waals surface area contributed by atoms with Crippen LogP contribution in [0, 0.1) is 5.92 Å². The number of piperidine rings is 1. The van der Waals surface area contributed by atoms with Crippen LogP contribution in [-0.2, 0) is 4.79 Å². The summed E-state index contributed by atoms with van der Waals surface area (Å²) in [5.41, 5.74) is 0. The molecule has 0 aromatic carbocycles. The lowest BCUT2D eigenvalue weighted by atomic mass is 9.91. The molecule has 4 heteroatoms. The SMILES string of the molecule is CCN(C(=O)C1CCCNC1)C1CCCCC1.Cl. The highest BCUT2D eigenvalue weighted by Crippen LogP contribution is 2.25. The second-order valence-electron chi connectivity index (χ2n) is 5.46. The fourth-order valence-corrected chi connectivity index (χ4v) is 3.28. The Morgan fingerprint density at radius 3 is 2.44 bits per heavy atom. The van der Waals surface area contributed by atoms with Gasteiger partial charge in [-0.15, -0.1) is 12.4 Å². The molecule has 18 heavy (non-hydrogen) atoms. The number of amides is 1. The molecule has 3 nitrogen and oxygen atoms in total. The van der Waals surface area contributed by atoms with Gasteiger partial charge in [-0.25, -0.2) is 0 Å². The average Bonchev–Trinajstić information content (AvgIpc) is 2.42. The molecule has 0 spiro atoms. The Morgan fingerprint density at radius 2 is 1.89 bits per heavy atom. The maximum absolute atomic E-state index is 12.5. The summed E-state index contributed by atoms with van der Waals surface area (Å²) in [6.07, 6.45) is 8.63. The van der Waals surface area contributed by atoms with Crippen LogP contribution in [-0.4, -0.2) is 36.5 Å². The van der Waals surface area contributed by atoms with Crippen molar-refractivity contribution in [2.24, 2.45) is 5.92 Å². The lowest BCUT2D eigenvalue weighted by Crippen LogP contribution is -2.47. The van der Waals surface area contributed by atoms with E-state index in [1.807, 2.05) is 0 Å². The molecule has 0 bridgehead atoms. The number of carbonyl (C=O) groups excluding carboxylic acids is 1. The molecular formula is C14H27ClN2O. The second-order valence-corrected chi connectivity index (χ2v) is 5.46. The third-order valence-corrected chi connectivity index (χ3v) is 4.29. The molecule has 1 aliphatic heterocycles. The van der Waals surface area contributed by atoms with Crippen molar-refractivity contribution in [1.82, 2.24) is 10.2 Å². The van der Waals surface area contributed by atoms with E-state index in [9.17, 15) is 4.79 Å². The van der Waals surface area contributed by atoms with Gasteiger partial charge in [0.25, 0.3) is 0 Å². The molecule has 1 saturated heterocycles. The predicted molar refractivity (Wildman–Crippen MR) is 77.1 cm³/mol. The maximum atomic E-state index is 12.5. The van der Waals surface area contributed by atoms with Gasteiger partial charge < -0.3 is 10.2 Å². The van der Waals surface area contributed by atoms with E-state index in [2.05, 4.69) is 17.1 Å². The molecule has 106 valence electrons. The fraction of sp³-hybridized carbons (Fsp3) is 0.929. The van der Waals surface area contributed by atoms with Crippen molar-refractivity contribution >= 4 is 18.3 Å². The van der Waals surface area contributed by atoms with E-state index in [1.165, 1.54) is 32.1 Å². The van der Waals surface area contributed by atoms with Gasteiger partial charge in [0.15, 0.2) is 0 Å². The molecule has 1 amide bonds. The van der Waals surface area contributed by atoms with Gasteiger partial charge >= 0.3 is 0 Å². The van der Waals surface area contributed by atoms with Gasteiger partial charge in [-0.1, -0.05) is 19.3 Å². The summed E-state index contributed by atoms with van der Waals surface area (Å²) < 4.78 is 0. The van der Waals surface area contributed by atoms with E-state index >= 15 is 0 Å². The zero-order valence-corrected chi connectivity index (χ0v) is 12.3. The van der Waals surface area contributed by atoms with Crippen molar-refractivity contribution in [3.05, 3.63) is 0 Å². The summed E-state index contributed by atoms with van der Waals surface area (Å²) >= 11 is 0. The van der Waals surface area contributed by atoms with E-state index < -0.39 is 0 Å². The summed E-state index contributed by atoms with van der Waals surface area (Å²) in [4.78, 5) is 14.7. The van der Waals surface area contributed by atoms with Crippen molar-refractivity contribution in [1.29, 1.82) is 0 Å². The number of hydrogen-bond acceptors (Lipinski definition) is 2. The summed E-state index contributed by atoms with van der Waals surface area (Å²) in [6.45, 7) is 4.99. The third-order valence-electron chi connectivity index (χ3n) is 4.29. The topological polar surface area (TPSA) is 32.3 Å². The number of rotatable bonds is 3. The highest BCUT2D eigenvalue weighted by Gasteiger charge is 2.30. The van der Waals surface area contributed by atoms with E-state index in [0.717, 1.165) is 32.5 Å². The second kappa shape index (κ2) is 8.00. The molecular weight excluding hydrogens is 248 g/mol. The molecule has 2 aliphatic rings. The number of hydrogen-bond donors (Lipinski definition) is 1. The Bertz CT molecular complexity index is 248. The first-order chi connectivity index (χ1) is 8.33. The van der Waals surface area contributed by atoms with Gasteiger partial charge in [0, 0.05) is 19.1 Å². The Kier molecular flexibility index (Phi) is 7.02. The van der Waals surface area contributed by atoms with Crippen LogP contribution in [0.5, 0.6) is 0 Å². The summed E-state index contributed by atoms with van der Waals surface area (Å²) in [6, 6.07) is 0.531. The lowest BCUT2D eigenvalue weighted by molar-refractivity contribution is -0.138. The van der Waals surface area contributed by atoms with Crippen molar-refractivity contribution in [3.8, 4) is 0 Å². The number of nitrogens with one attached hydrogen (secondary N) is 1. The molecule has 1 unspecified atom stereocenters. The van der Waals surface area contributed by atoms with Crippen LogP contribution in [0.25, 0.3) is 0 Å². The molecule has 1 heterocycles. The standard InChI is InChI=1S/C14H26N2O.ClH/c1-2-16(13-8-4-3-5-9-13)14(17)12-7-6-10-15-11-12;/h12-13,15H,2-11H2,1H3;1H. The number of nitrogens with zero attached hydrogens (tertiary/aromatic N) is 1. The average molecular weight is 275 g/mol. The van der Waals surface area contributed by atoms with E-state index in [0.29, 0.717) is 11.9 Å². The zero-order valence-electron chi connectivity index (χ0n) is 11.5. The summed E-state index contributed by atoms with van der Waals surface area (Å²) in [7, 11) is 0. The molecule has 1 N–H and O–H groups in total. The van der Waals surface area contributed by atoms with Crippen LogP contribution < -0.4 is 5.32 Å². The first kappa shape index (κ1) is 15.8. The minimum absolute atomic E-state index is 0. The molecule has 2 rings (SSSR count). The first-order valence-corrected chi connectivity index (χ1v) is 7.34. The minimum atomic E-state index is 0. The van der Waals surface area contributed by atoms with Gasteiger partial charge in [-0.3, -0.25) is 4.79 Å². The smallest absolute Gasteiger partial charge is 0.227 e. The molecule has 0 aromatic rings. The third kappa shape index (κ3) is 3.86. The summed E-state index contributed by atoms with van der Waals surface area (Å²) in [5.74, 6) is 0.650. The monoisotopic (exact) mass is 274 g/mol. The van der Waals surface area contributed by atoms with Gasteiger partial charge in [0.2, 0.25) is 5.91 Å². The van der Waals surface area contributed by atoms with Crippen LogP contribution in [0.15, 0.2) is 0 Å². The molecule has 1 aliphatic carbocycles.